The van der Waals surface area contributed by atoms with Crippen molar-refractivity contribution in [3.05, 3.63) is 18.5 Å². The van der Waals surface area contributed by atoms with Gasteiger partial charge in [-0.3, -0.25) is 9.48 Å². The first-order chi connectivity index (χ1) is 9.88. The van der Waals surface area contributed by atoms with Crippen molar-refractivity contribution in [1.82, 2.24) is 19.4 Å². The highest BCUT2D eigenvalue weighted by molar-refractivity contribution is 7.88. The lowest BCUT2D eigenvalue weighted by atomic mass is 10.0. The average molecular weight is 314 g/mol. The van der Waals surface area contributed by atoms with Crippen LogP contribution in [0.1, 0.15) is 26.2 Å². The van der Waals surface area contributed by atoms with Crippen molar-refractivity contribution in [2.24, 2.45) is 0 Å². The van der Waals surface area contributed by atoms with Crippen LogP contribution in [0.2, 0.25) is 0 Å². The molecule has 1 fully saturated rings. The van der Waals surface area contributed by atoms with Crippen LogP contribution in [0.15, 0.2) is 18.5 Å². The molecule has 1 saturated heterocycles. The molecule has 0 aromatic carbocycles. The van der Waals surface area contributed by atoms with E-state index < -0.39 is 16.1 Å². The number of hydrogen-bond acceptors (Lipinski definition) is 4. The molecule has 0 bridgehead atoms. The van der Waals surface area contributed by atoms with Crippen LogP contribution in [-0.4, -0.2) is 53.3 Å². The van der Waals surface area contributed by atoms with Gasteiger partial charge in [-0.1, -0.05) is 6.42 Å². The molecule has 0 spiro atoms. The van der Waals surface area contributed by atoms with Crippen molar-refractivity contribution in [1.29, 1.82) is 0 Å². The van der Waals surface area contributed by atoms with Crippen LogP contribution in [0, 0.1) is 0 Å². The van der Waals surface area contributed by atoms with E-state index in [1.54, 1.807) is 10.9 Å². The summed E-state index contributed by atoms with van der Waals surface area (Å²) in [5.41, 5.74) is 0. The topological polar surface area (TPSA) is 84.3 Å². The molecule has 2 heterocycles. The predicted octanol–water partition coefficient (Wildman–Crippen LogP) is 0.202. The van der Waals surface area contributed by atoms with Gasteiger partial charge < -0.3 is 5.32 Å². The van der Waals surface area contributed by atoms with Gasteiger partial charge in [-0.05, 0) is 25.8 Å². The summed E-state index contributed by atoms with van der Waals surface area (Å²) in [6.45, 7) is 2.86. The van der Waals surface area contributed by atoms with Gasteiger partial charge in [0, 0.05) is 25.0 Å². The maximum atomic E-state index is 12.3. The molecule has 1 amide bonds. The summed E-state index contributed by atoms with van der Waals surface area (Å²) in [4.78, 5) is 12.3. The summed E-state index contributed by atoms with van der Waals surface area (Å²) >= 11 is 0. The first-order valence-corrected chi connectivity index (χ1v) is 8.97. The Balaban J connectivity index is 1.97. The molecule has 1 aromatic heterocycles. The number of nitrogens with one attached hydrogen (secondary N) is 1. The Kier molecular flexibility index (Phi) is 5.00. The Morgan fingerprint density at radius 1 is 1.48 bits per heavy atom. The second-order valence-electron chi connectivity index (χ2n) is 5.52. The molecule has 1 aliphatic heterocycles. The van der Waals surface area contributed by atoms with Crippen molar-refractivity contribution in [3.8, 4) is 0 Å². The fraction of sp³-hybridized carbons (Fsp3) is 0.692. The van der Waals surface area contributed by atoms with Gasteiger partial charge in [0.1, 0.15) is 6.04 Å². The first kappa shape index (κ1) is 16.0. The summed E-state index contributed by atoms with van der Waals surface area (Å²) in [7, 11) is -3.35. The van der Waals surface area contributed by atoms with E-state index in [2.05, 4.69) is 10.4 Å². The normalized spacial score (nSPS) is 21.9. The highest BCUT2D eigenvalue weighted by Crippen LogP contribution is 2.20. The average Bonchev–Trinajstić information content (AvgIpc) is 2.90. The fourth-order valence-electron chi connectivity index (χ4n) is 2.64. The maximum Gasteiger partial charge on any atom is 0.238 e. The molecule has 2 rings (SSSR count). The Bertz CT molecular complexity index is 570. The largest absolute Gasteiger partial charge is 0.350 e. The van der Waals surface area contributed by atoms with Gasteiger partial charge >= 0.3 is 0 Å². The van der Waals surface area contributed by atoms with Crippen molar-refractivity contribution in [2.75, 3.05) is 12.8 Å². The van der Waals surface area contributed by atoms with Gasteiger partial charge in [0.05, 0.1) is 12.8 Å². The minimum absolute atomic E-state index is 0.110. The molecule has 0 radical (unpaired) electrons. The standard InChI is InChI=1S/C13H22N4O3S/c1-11(10-16-8-5-7-14-16)15-13(18)12-6-3-4-9-17(12)21(2,19)20/h5,7-8,11-12H,3-4,6,9-10H2,1-2H3,(H,15,18)/t11-,12-/m0/s1. The Labute approximate surface area is 125 Å². The number of aromatic nitrogens is 2. The zero-order chi connectivity index (χ0) is 15.5. The minimum Gasteiger partial charge on any atom is -0.350 e. The number of sulfonamides is 1. The van der Waals surface area contributed by atoms with Crippen molar-refractivity contribution in [3.63, 3.8) is 0 Å². The monoisotopic (exact) mass is 314 g/mol. The summed E-state index contributed by atoms with van der Waals surface area (Å²) in [5.74, 6) is -0.222. The van der Waals surface area contributed by atoms with E-state index in [0.29, 0.717) is 19.5 Å². The van der Waals surface area contributed by atoms with Gasteiger partial charge in [-0.15, -0.1) is 0 Å². The van der Waals surface area contributed by atoms with E-state index in [-0.39, 0.29) is 11.9 Å². The zero-order valence-corrected chi connectivity index (χ0v) is 13.2. The van der Waals surface area contributed by atoms with Gasteiger partial charge in [0.2, 0.25) is 15.9 Å². The zero-order valence-electron chi connectivity index (χ0n) is 12.4. The molecule has 0 unspecified atom stereocenters. The van der Waals surface area contributed by atoms with Gasteiger partial charge in [0.15, 0.2) is 0 Å². The van der Waals surface area contributed by atoms with E-state index in [4.69, 9.17) is 0 Å². The van der Waals surface area contributed by atoms with E-state index in [1.807, 2.05) is 19.2 Å². The summed E-state index contributed by atoms with van der Waals surface area (Å²) in [6.07, 6.45) is 6.92. The van der Waals surface area contributed by atoms with Crippen LogP contribution < -0.4 is 5.32 Å². The Hall–Kier alpha value is -1.41. The molecule has 7 nitrogen and oxygen atoms in total. The molecule has 0 saturated carbocycles. The molecule has 21 heavy (non-hydrogen) atoms. The molecule has 0 aliphatic carbocycles. The van der Waals surface area contributed by atoms with Gasteiger partial charge in [0.25, 0.3) is 0 Å². The summed E-state index contributed by atoms with van der Waals surface area (Å²) < 4.78 is 26.6. The number of piperidine rings is 1. The van der Waals surface area contributed by atoms with E-state index in [9.17, 15) is 13.2 Å². The van der Waals surface area contributed by atoms with Crippen LogP contribution in [0.4, 0.5) is 0 Å². The Morgan fingerprint density at radius 3 is 2.86 bits per heavy atom. The third-order valence-corrected chi connectivity index (χ3v) is 4.88. The maximum absolute atomic E-state index is 12.3. The van der Waals surface area contributed by atoms with Crippen LogP contribution in [-0.2, 0) is 21.4 Å². The van der Waals surface area contributed by atoms with Crippen LogP contribution >= 0.6 is 0 Å². The quantitative estimate of drug-likeness (QED) is 0.841. The lowest BCUT2D eigenvalue weighted by Gasteiger charge is -2.33. The highest BCUT2D eigenvalue weighted by atomic mass is 32.2. The number of hydrogen-bond donors (Lipinski definition) is 1. The SMILES string of the molecule is C[C@@H](Cn1cccn1)NC(=O)[C@@H]1CCCCN1S(C)(=O)=O. The number of rotatable bonds is 5. The lowest BCUT2D eigenvalue weighted by Crippen LogP contribution is -2.53. The number of amides is 1. The smallest absolute Gasteiger partial charge is 0.238 e. The minimum atomic E-state index is -3.35. The molecular formula is C13H22N4O3S. The van der Waals surface area contributed by atoms with Gasteiger partial charge in [-0.25, -0.2) is 8.42 Å². The second kappa shape index (κ2) is 6.57. The van der Waals surface area contributed by atoms with E-state index in [1.165, 1.54) is 4.31 Å². The summed E-state index contributed by atoms with van der Waals surface area (Å²) in [5, 5.41) is 6.97. The van der Waals surface area contributed by atoms with Crippen molar-refractivity contribution in [2.45, 2.75) is 44.8 Å². The number of carbonyl (C=O) groups is 1. The molecule has 2 atom stereocenters. The third kappa shape index (κ3) is 4.28. The second-order valence-corrected chi connectivity index (χ2v) is 7.46. The third-order valence-electron chi connectivity index (χ3n) is 3.59. The number of nitrogens with zero attached hydrogens (tertiary/aromatic N) is 3. The molecule has 118 valence electrons. The Morgan fingerprint density at radius 2 is 2.24 bits per heavy atom. The van der Waals surface area contributed by atoms with Crippen LogP contribution in [0.5, 0.6) is 0 Å². The predicted molar refractivity (Wildman–Crippen MR) is 79.0 cm³/mol. The molecule has 8 heteroatoms. The van der Waals surface area contributed by atoms with Crippen molar-refractivity contribution < 1.29 is 13.2 Å². The fourth-order valence-corrected chi connectivity index (χ4v) is 3.76. The lowest BCUT2D eigenvalue weighted by molar-refractivity contribution is -0.126. The van der Waals surface area contributed by atoms with Crippen molar-refractivity contribution >= 4 is 15.9 Å². The van der Waals surface area contributed by atoms with Crippen LogP contribution in [0.3, 0.4) is 0 Å². The highest BCUT2D eigenvalue weighted by Gasteiger charge is 2.34. The molecule has 1 aliphatic rings. The summed E-state index contributed by atoms with van der Waals surface area (Å²) in [6, 6.07) is 1.12. The van der Waals surface area contributed by atoms with Crippen LogP contribution in [0.25, 0.3) is 0 Å². The van der Waals surface area contributed by atoms with E-state index in [0.717, 1.165) is 19.1 Å². The molecule has 1 N–H and O–H groups in total. The first-order valence-electron chi connectivity index (χ1n) is 7.12. The molecular weight excluding hydrogens is 292 g/mol. The van der Waals surface area contributed by atoms with Gasteiger partial charge in [-0.2, -0.15) is 9.40 Å². The van der Waals surface area contributed by atoms with E-state index >= 15 is 0 Å². The molecule has 1 aromatic rings. The number of carbonyl (C=O) groups excluding carboxylic acids is 1.